The fourth-order valence-electron chi connectivity index (χ4n) is 2.18. The summed E-state index contributed by atoms with van der Waals surface area (Å²) >= 11 is 1.21. The third kappa shape index (κ3) is 3.33. The van der Waals surface area contributed by atoms with Crippen molar-refractivity contribution in [3.05, 3.63) is 36.5 Å². The summed E-state index contributed by atoms with van der Waals surface area (Å²) in [7, 11) is 1.35. The number of ether oxygens (including phenoxy) is 2. The Kier molecular flexibility index (Phi) is 4.95. The third-order valence-corrected chi connectivity index (χ3v) is 4.04. The maximum atomic E-state index is 11.3. The number of nitrogens with zero attached hydrogens (tertiary/aromatic N) is 4. The molecule has 0 amide bonds. The average Bonchev–Trinajstić information content (AvgIpc) is 3.03. The third-order valence-electron chi connectivity index (χ3n) is 3.23. The molecule has 0 spiro atoms. The van der Waals surface area contributed by atoms with Crippen LogP contribution in [-0.2, 0) is 9.53 Å². The lowest BCUT2D eigenvalue weighted by Crippen LogP contribution is -2.03. The Morgan fingerprint density at radius 1 is 1.29 bits per heavy atom. The van der Waals surface area contributed by atoms with E-state index in [1.54, 1.807) is 10.7 Å². The molecule has 3 rings (SSSR count). The van der Waals surface area contributed by atoms with Crippen molar-refractivity contribution in [3.63, 3.8) is 0 Å². The molecule has 0 N–H and O–H groups in total. The number of methoxy groups -OCH3 is 1. The van der Waals surface area contributed by atoms with E-state index in [2.05, 4.69) is 19.8 Å². The number of rotatable bonds is 6. The van der Waals surface area contributed by atoms with Crippen LogP contribution < -0.4 is 4.74 Å². The maximum Gasteiger partial charge on any atom is 0.316 e. The molecule has 0 saturated heterocycles. The Balaban J connectivity index is 2.00. The van der Waals surface area contributed by atoms with E-state index in [9.17, 15) is 4.79 Å². The van der Waals surface area contributed by atoms with Crippen LogP contribution in [-0.4, -0.2) is 45.0 Å². The van der Waals surface area contributed by atoms with E-state index in [1.807, 2.05) is 37.3 Å². The molecule has 2 aromatic heterocycles. The second-order valence-corrected chi connectivity index (χ2v) is 5.67. The molecular weight excluding hydrogens is 328 g/mol. The standard InChI is InChI=1S/C16H16N4O3S/c1-3-23-13-7-5-4-6-11(13)12-8-9-17-15-18-16(19-20(12)15)24-10-14(21)22-2/h4-9H,3,10H2,1-2H3. The number of benzene rings is 1. The van der Waals surface area contributed by atoms with Gasteiger partial charge in [-0.05, 0) is 25.1 Å². The predicted octanol–water partition coefficient (Wildman–Crippen LogP) is 2.46. The topological polar surface area (TPSA) is 78.6 Å². The highest BCUT2D eigenvalue weighted by Gasteiger charge is 2.14. The summed E-state index contributed by atoms with van der Waals surface area (Å²) in [6.07, 6.45) is 1.68. The fraction of sp³-hybridized carbons (Fsp3) is 0.250. The highest BCUT2D eigenvalue weighted by Crippen LogP contribution is 2.30. The van der Waals surface area contributed by atoms with Crippen molar-refractivity contribution in [2.75, 3.05) is 19.5 Å². The van der Waals surface area contributed by atoms with Gasteiger partial charge < -0.3 is 9.47 Å². The van der Waals surface area contributed by atoms with Crippen LogP contribution in [0.25, 0.3) is 17.0 Å². The largest absolute Gasteiger partial charge is 0.493 e. The molecule has 0 saturated carbocycles. The zero-order chi connectivity index (χ0) is 16.9. The number of aromatic nitrogens is 4. The summed E-state index contributed by atoms with van der Waals surface area (Å²) in [5.74, 6) is 1.06. The summed E-state index contributed by atoms with van der Waals surface area (Å²) in [6, 6.07) is 9.59. The zero-order valence-electron chi connectivity index (χ0n) is 13.3. The summed E-state index contributed by atoms with van der Waals surface area (Å²) in [5.41, 5.74) is 1.72. The van der Waals surface area contributed by atoms with Gasteiger partial charge in [0.15, 0.2) is 0 Å². The van der Waals surface area contributed by atoms with Gasteiger partial charge in [0.2, 0.25) is 5.16 Å². The van der Waals surface area contributed by atoms with Crippen molar-refractivity contribution in [2.24, 2.45) is 0 Å². The molecule has 124 valence electrons. The van der Waals surface area contributed by atoms with Gasteiger partial charge in [-0.1, -0.05) is 23.9 Å². The van der Waals surface area contributed by atoms with Crippen LogP contribution in [0.5, 0.6) is 5.75 Å². The highest BCUT2D eigenvalue weighted by atomic mass is 32.2. The molecule has 0 atom stereocenters. The molecule has 0 radical (unpaired) electrons. The molecule has 0 aliphatic carbocycles. The Morgan fingerprint density at radius 2 is 2.12 bits per heavy atom. The van der Waals surface area contributed by atoms with Crippen LogP contribution in [0.15, 0.2) is 41.7 Å². The molecular formula is C16H16N4O3S. The molecule has 24 heavy (non-hydrogen) atoms. The minimum Gasteiger partial charge on any atom is -0.493 e. The van der Waals surface area contributed by atoms with Crippen molar-refractivity contribution in [1.29, 1.82) is 0 Å². The highest BCUT2D eigenvalue weighted by molar-refractivity contribution is 7.99. The molecule has 8 heteroatoms. The zero-order valence-corrected chi connectivity index (χ0v) is 14.1. The first-order valence-corrected chi connectivity index (χ1v) is 8.35. The lowest BCUT2D eigenvalue weighted by Gasteiger charge is -2.10. The minimum absolute atomic E-state index is 0.151. The van der Waals surface area contributed by atoms with Gasteiger partial charge in [0.1, 0.15) is 5.75 Å². The number of para-hydroxylation sites is 1. The van der Waals surface area contributed by atoms with E-state index in [0.717, 1.165) is 17.0 Å². The lowest BCUT2D eigenvalue weighted by atomic mass is 10.1. The van der Waals surface area contributed by atoms with E-state index in [1.165, 1.54) is 18.9 Å². The number of carbonyl (C=O) groups excluding carboxylic acids is 1. The molecule has 2 heterocycles. The Morgan fingerprint density at radius 3 is 2.92 bits per heavy atom. The Labute approximate surface area is 143 Å². The maximum absolute atomic E-state index is 11.3. The van der Waals surface area contributed by atoms with E-state index in [4.69, 9.17) is 4.74 Å². The van der Waals surface area contributed by atoms with Gasteiger partial charge in [-0.2, -0.15) is 9.50 Å². The normalized spacial score (nSPS) is 10.8. The average molecular weight is 344 g/mol. The molecule has 0 aliphatic heterocycles. The van der Waals surface area contributed by atoms with Crippen molar-refractivity contribution >= 4 is 23.5 Å². The van der Waals surface area contributed by atoms with E-state index < -0.39 is 0 Å². The smallest absolute Gasteiger partial charge is 0.316 e. The Hall–Kier alpha value is -2.61. The predicted molar refractivity (Wildman–Crippen MR) is 90.1 cm³/mol. The van der Waals surface area contributed by atoms with Crippen molar-refractivity contribution < 1.29 is 14.3 Å². The molecule has 0 unspecified atom stereocenters. The molecule has 1 aromatic carbocycles. The first kappa shape index (κ1) is 16.3. The monoisotopic (exact) mass is 344 g/mol. The first-order valence-electron chi connectivity index (χ1n) is 7.36. The molecule has 0 fully saturated rings. The number of thioether (sulfide) groups is 1. The van der Waals surface area contributed by atoms with Gasteiger partial charge in [-0.3, -0.25) is 4.79 Å². The van der Waals surface area contributed by atoms with E-state index >= 15 is 0 Å². The number of hydrogen-bond acceptors (Lipinski definition) is 7. The van der Waals surface area contributed by atoms with Gasteiger partial charge in [0.05, 0.1) is 25.2 Å². The van der Waals surface area contributed by atoms with Gasteiger partial charge >= 0.3 is 5.97 Å². The molecule has 3 aromatic rings. The number of esters is 1. The summed E-state index contributed by atoms with van der Waals surface area (Å²) in [6.45, 7) is 2.51. The van der Waals surface area contributed by atoms with Crippen molar-refractivity contribution in [1.82, 2.24) is 19.6 Å². The van der Waals surface area contributed by atoms with Gasteiger partial charge in [-0.25, -0.2) is 4.98 Å². The van der Waals surface area contributed by atoms with Crippen LogP contribution in [0.3, 0.4) is 0 Å². The van der Waals surface area contributed by atoms with Crippen LogP contribution in [0, 0.1) is 0 Å². The fourth-order valence-corrected chi connectivity index (χ4v) is 2.83. The second-order valence-electron chi connectivity index (χ2n) is 4.73. The summed E-state index contributed by atoms with van der Waals surface area (Å²) in [5, 5.41) is 4.91. The quantitative estimate of drug-likeness (QED) is 0.502. The van der Waals surface area contributed by atoms with Crippen LogP contribution in [0.1, 0.15) is 6.92 Å². The van der Waals surface area contributed by atoms with Crippen LogP contribution in [0.4, 0.5) is 0 Å². The van der Waals surface area contributed by atoms with Gasteiger partial charge in [0, 0.05) is 11.8 Å². The van der Waals surface area contributed by atoms with Crippen molar-refractivity contribution in [2.45, 2.75) is 12.1 Å². The van der Waals surface area contributed by atoms with Crippen LogP contribution >= 0.6 is 11.8 Å². The lowest BCUT2D eigenvalue weighted by molar-refractivity contribution is -0.137. The van der Waals surface area contributed by atoms with Crippen LogP contribution in [0.2, 0.25) is 0 Å². The molecule has 0 bridgehead atoms. The van der Waals surface area contributed by atoms with E-state index in [-0.39, 0.29) is 11.7 Å². The number of hydrogen-bond donors (Lipinski definition) is 0. The number of fused-ring (bicyclic) bond motifs is 1. The minimum atomic E-state index is -0.325. The first-order chi connectivity index (χ1) is 11.7. The molecule has 0 aliphatic rings. The summed E-state index contributed by atoms with van der Waals surface area (Å²) in [4.78, 5) is 19.8. The Bertz CT molecular complexity index is 865. The SMILES string of the molecule is CCOc1ccccc1-c1ccnc2nc(SCC(=O)OC)nn12. The molecule has 7 nitrogen and oxygen atoms in total. The second kappa shape index (κ2) is 7.31. The van der Waals surface area contributed by atoms with Gasteiger partial charge in [-0.15, -0.1) is 5.10 Å². The number of carbonyl (C=O) groups is 1. The summed E-state index contributed by atoms with van der Waals surface area (Å²) < 4.78 is 12.0. The van der Waals surface area contributed by atoms with Crippen molar-refractivity contribution in [3.8, 4) is 17.0 Å². The van der Waals surface area contributed by atoms with E-state index in [0.29, 0.717) is 17.5 Å². The van der Waals surface area contributed by atoms with Gasteiger partial charge in [0.25, 0.3) is 5.78 Å².